The van der Waals surface area contributed by atoms with Gasteiger partial charge in [-0.3, -0.25) is 10.4 Å². The Balaban J connectivity index is 3.02. The normalized spacial score (nSPS) is 9.58. The second-order valence-corrected chi connectivity index (χ2v) is 2.41. The molecule has 0 saturated carbocycles. The van der Waals surface area contributed by atoms with Gasteiger partial charge in [-0.2, -0.15) is 0 Å². The number of amidine groups is 1. The Morgan fingerprint density at radius 1 is 1.50 bits per heavy atom. The van der Waals surface area contributed by atoms with Crippen LogP contribution in [0, 0.1) is 11.2 Å². The van der Waals surface area contributed by atoms with Crippen molar-refractivity contribution in [3.8, 4) is 0 Å². The number of hydrogen-bond acceptors (Lipinski definition) is 2. The van der Waals surface area contributed by atoms with Crippen LogP contribution in [0.2, 0.25) is 0 Å². The number of hydrazine groups is 1. The van der Waals surface area contributed by atoms with Crippen LogP contribution in [0.15, 0.2) is 24.3 Å². The van der Waals surface area contributed by atoms with Crippen molar-refractivity contribution in [2.45, 2.75) is 6.92 Å². The van der Waals surface area contributed by atoms with E-state index in [4.69, 9.17) is 11.3 Å². The lowest BCUT2D eigenvalue weighted by Gasteiger charge is -2.16. The minimum absolute atomic E-state index is 0.0973. The topological polar surface area (TPSA) is 53.1 Å². The molecule has 0 saturated heterocycles. The van der Waals surface area contributed by atoms with Gasteiger partial charge in [0.05, 0.1) is 5.69 Å². The number of benzene rings is 1. The van der Waals surface area contributed by atoms with E-state index in [0.29, 0.717) is 0 Å². The number of para-hydroxylation sites is 1. The number of halogens is 1. The summed E-state index contributed by atoms with van der Waals surface area (Å²) in [5.74, 6) is 5.08. The van der Waals surface area contributed by atoms with Gasteiger partial charge in [0.25, 0.3) is 0 Å². The molecule has 3 nitrogen and oxygen atoms in total. The largest absolute Gasteiger partial charge is 0.287 e. The summed E-state index contributed by atoms with van der Waals surface area (Å²) in [6.07, 6.45) is 0. The summed E-state index contributed by atoms with van der Waals surface area (Å²) >= 11 is 0. The molecule has 0 atom stereocenters. The van der Waals surface area contributed by atoms with E-state index >= 15 is 0 Å². The van der Waals surface area contributed by atoms with Gasteiger partial charge in [-0.15, -0.1) is 0 Å². The van der Waals surface area contributed by atoms with Gasteiger partial charge in [0, 0.05) is 0 Å². The Labute approximate surface area is 70.1 Å². The van der Waals surface area contributed by atoms with Crippen molar-refractivity contribution in [1.82, 2.24) is 0 Å². The first-order valence-corrected chi connectivity index (χ1v) is 3.47. The number of hydrogen-bond donors (Lipinski definition) is 2. The zero-order valence-corrected chi connectivity index (χ0v) is 6.71. The highest BCUT2D eigenvalue weighted by Crippen LogP contribution is 2.15. The van der Waals surface area contributed by atoms with E-state index in [1.54, 1.807) is 12.1 Å². The predicted molar refractivity (Wildman–Crippen MR) is 46.5 cm³/mol. The third kappa shape index (κ3) is 1.60. The molecule has 0 aliphatic carbocycles. The fourth-order valence-corrected chi connectivity index (χ4v) is 0.828. The molecular formula is C8H10FN3. The van der Waals surface area contributed by atoms with Gasteiger partial charge in [-0.1, -0.05) is 12.1 Å². The van der Waals surface area contributed by atoms with Crippen LogP contribution < -0.4 is 10.9 Å². The third-order valence-electron chi connectivity index (χ3n) is 1.47. The van der Waals surface area contributed by atoms with Gasteiger partial charge in [0.1, 0.15) is 11.7 Å². The van der Waals surface area contributed by atoms with Crippen molar-refractivity contribution < 1.29 is 4.39 Å². The number of rotatable bonds is 1. The molecule has 4 heteroatoms. The second kappa shape index (κ2) is 3.32. The summed E-state index contributed by atoms with van der Waals surface area (Å²) in [5.41, 5.74) is 0.213. The van der Waals surface area contributed by atoms with Crippen molar-refractivity contribution in [1.29, 1.82) is 5.41 Å². The summed E-state index contributed by atoms with van der Waals surface area (Å²) in [7, 11) is 0. The van der Waals surface area contributed by atoms with Gasteiger partial charge in [-0.25, -0.2) is 10.2 Å². The molecule has 0 heterocycles. The first kappa shape index (κ1) is 8.67. The molecule has 64 valence electrons. The van der Waals surface area contributed by atoms with Crippen LogP contribution in [0.25, 0.3) is 0 Å². The maximum absolute atomic E-state index is 13.0. The molecule has 0 bridgehead atoms. The molecule has 1 aromatic rings. The highest BCUT2D eigenvalue weighted by Gasteiger charge is 2.07. The van der Waals surface area contributed by atoms with Crippen molar-refractivity contribution in [2.24, 2.45) is 5.84 Å². The first-order chi connectivity index (χ1) is 5.63. The van der Waals surface area contributed by atoms with Crippen LogP contribution in [0.1, 0.15) is 6.92 Å². The van der Waals surface area contributed by atoms with Gasteiger partial charge in [-0.05, 0) is 19.1 Å². The molecule has 0 unspecified atom stereocenters. The Bertz CT molecular complexity index is 298. The average Bonchev–Trinajstić information content (AvgIpc) is 2.04. The molecular weight excluding hydrogens is 157 g/mol. The molecule has 12 heavy (non-hydrogen) atoms. The minimum atomic E-state index is -0.424. The first-order valence-electron chi connectivity index (χ1n) is 3.47. The Morgan fingerprint density at radius 3 is 2.58 bits per heavy atom. The molecule has 0 aliphatic heterocycles. The lowest BCUT2D eigenvalue weighted by molar-refractivity contribution is 0.626. The van der Waals surface area contributed by atoms with Crippen LogP contribution >= 0.6 is 0 Å². The highest BCUT2D eigenvalue weighted by molar-refractivity contribution is 5.92. The van der Waals surface area contributed by atoms with Crippen LogP contribution in [-0.2, 0) is 0 Å². The molecule has 0 fully saturated rings. The molecule has 1 aromatic carbocycles. The molecule has 0 aliphatic rings. The van der Waals surface area contributed by atoms with Crippen LogP contribution in [0.3, 0.4) is 0 Å². The number of nitrogens with one attached hydrogen (secondary N) is 1. The van der Waals surface area contributed by atoms with Crippen molar-refractivity contribution >= 4 is 11.5 Å². The maximum atomic E-state index is 13.0. The zero-order chi connectivity index (χ0) is 9.14. The molecule has 1 rings (SSSR count). The Hall–Kier alpha value is -1.42. The molecule has 3 N–H and O–H groups in total. The smallest absolute Gasteiger partial charge is 0.148 e. The second-order valence-electron chi connectivity index (χ2n) is 2.41. The Morgan fingerprint density at radius 2 is 2.08 bits per heavy atom. The lowest BCUT2D eigenvalue weighted by atomic mass is 10.3. The fraction of sp³-hybridized carbons (Fsp3) is 0.125. The van der Waals surface area contributed by atoms with Crippen LogP contribution in [-0.4, -0.2) is 5.84 Å². The SMILES string of the molecule is CC(=N)N(N)c1ccccc1F. The van der Waals surface area contributed by atoms with Gasteiger partial charge >= 0.3 is 0 Å². The summed E-state index contributed by atoms with van der Waals surface area (Å²) in [6, 6.07) is 6.07. The fourth-order valence-electron chi connectivity index (χ4n) is 0.828. The molecule has 0 aromatic heterocycles. The van der Waals surface area contributed by atoms with Crippen molar-refractivity contribution in [3.05, 3.63) is 30.1 Å². The summed E-state index contributed by atoms with van der Waals surface area (Å²) in [4.78, 5) is 0. The van der Waals surface area contributed by atoms with Crippen LogP contribution in [0.5, 0.6) is 0 Å². The average molecular weight is 167 g/mol. The van der Waals surface area contributed by atoms with Crippen molar-refractivity contribution in [3.63, 3.8) is 0 Å². The van der Waals surface area contributed by atoms with E-state index in [0.717, 1.165) is 5.01 Å². The molecule has 0 radical (unpaired) electrons. The number of nitrogens with zero attached hydrogens (tertiary/aromatic N) is 1. The maximum Gasteiger partial charge on any atom is 0.148 e. The van der Waals surface area contributed by atoms with Crippen molar-refractivity contribution in [2.75, 3.05) is 5.01 Å². The predicted octanol–water partition coefficient (Wildman–Crippen LogP) is 1.50. The minimum Gasteiger partial charge on any atom is -0.287 e. The standard InChI is InChI=1S/C8H10FN3/c1-6(10)12(11)8-5-3-2-4-7(8)9/h2-5,10H,11H2,1H3. The van der Waals surface area contributed by atoms with E-state index < -0.39 is 5.82 Å². The lowest BCUT2D eigenvalue weighted by Crippen LogP contribution is -2.35. The van der Waals surface area contributed by atoms with Crippen LogP contribution in [0.4, 0.5) is 10.1 Å². The quantitative estimate of drug-likeness (QED) is 0.288. The van der Waals surface area contributed by atoms with E-state index in [2.05, 4.69) is 0 Å². The molecule has 0 amide bonds. The van der Waals surface area contributed by atoms with E-state index in [1.807, 2.05) is 0 Å². The summed E-state index contributed by atoms with van der Waals surface area (Å²) < 4.78 is 13.0. The van der Waals surface area contributed by atoms with Gasteiger partial charge < -0.3 is 0 Å². The zero-order valence-electron chi connectivity index (χ0n) is 6.71. The third-order valence-corrected chi connectivity index (χ3v) is 1.47. The van der Waals surface area contributed by atoms with E-state index in [1.165, 1.54) is 19.1 Å². The van der Waals surface area contributed by atoms with E-state index in [9.17, 15) is 4.39 Å². The van der Waals surface area contributed by atoms with Gasteiger partial charge in [0.2, 0.25) is 0 Å². The highest BCUT2D eigenvalue weighted by atomic mass is 19.1. The number of nitrogens with two attached hydrogens (primary N) is 1. The summed E-state index contributed by atoms with van der Waals surface area (Å²) in [6.45, 7) is 1.49. The number of anilines is 1. The van der Waals surface area contributed by atoms with E-state index in [-0.39, 0.29) is 11.5 Å². The Kier molecular flexibility index (Phi) is 2.40. The summed E-state index contributed by atoms with van der Waals surface area (Å²) in [5, 5.41) is 8.16. The molecule has 0 spiro atoms. The monoisotopic (exact) mass is 167 g/mol. The van der Waals surface area contributed by atoms with Gasteiger partial charge in [0.15, 0.2) is 0 Å².